The van der Waals surface area contributed by atoms with Crippen molar-refractivity contribution in [3.8, 4) is 0 Å². The van der Waals surface area contributed by atoms with Gasteiger partial charge in [0.15, 0.2) is 0 Å². The highest BCUT2D eigenvalue weighted by Gasteiger charge is 2.27. The Balaban J connectivity index is 1.98. The molecule has 0 aromatic carbocycles. The molecule has 0 spiro atoms. The lowest BCUT2D eigenvalue weighted by Crippen LogP contribution is -2.49. The smallest absolute Gasteiger partial charge is 0.0869 e. The molecular formula is C12H22N2OS. The summed E-state index contributed by atoms with van der Waals surface area (Å²) in [5.74, 6) is 7.88. The summed E-state index contributed by atoms with van der Waals surface area (Å²) in [5, 5.41) is 0. The highest BCUT2D eigenvalue weighted by atomic mass is 32.2. The molecule has 0 bridgehead atoms. The standard InChI is InChI=1S/C12H22N2OS/c13-14-12(11-9-16-8-7-15-11)10-5-3-1-2-4-6-10/h5,11-12,14H,1-4,6-9,13H2. The largest absolute Gasteiger partial charge is 0.374 e. The van der Waals surface area contributed by atoms with Gasteiger partial charge in [0, 0.05) is 11.5 Å². The molecule has 0 radical (unpaired) electrons. The van der Waals surface area contributed by atoms with E-state index in [4.69, 9.17) is 10.6 Å². The molecule has 92 valence electrons. The normalized spacial score (nSPS) is 29.3. The number of hydrogen-bond donors (Lipinski definition) is 2. The maximum absolute atomic E-state index is 5.82. The lowest BCUT2D eigenvalue weighted by molar-refractivity contribution is 0.0552. The van der Waals surface area contributed by atoms with Crippen molar-refractivity contribution in [2.24, 2.45) is 5.84 Å². The van der Waals surface area contributed by atoms with E-state index in [1.165, 1.54) is 37.7 Å². The summed E-state index contributed by atoms with van der Waals surface area (Å²) in [6.45, 7) is 0.862. The maximum atomic E-state index is 5.82. The minimum Gasteiger partial charge on any atom is -0.374 e. The van der Waals surface area contributed by atoms with E-state index in [-0.39, 0.29) is 12.1 Å². The Hall–Kier alpha value is -0.0300. The summed E-state index contributed by atoms with van der Waals surface area (Å²) in [6.07, 6.45) is 8.98. The number of hydrazine groups is 1. The number of nitrogens with one attached hydrogen (secondary N) is 1. The molecule has 16 heavy (non-hydrogen) atoms. The van der Waals surface area contributed by atoms with E-state index in [1.807, 2.05) is 11.8 Å². The summed E-state index contributed by atoms with van der Waals surface area (Å²) in [7, 11) is 0. The molecule has 2 atom stereocenters. The summed E-state index contributed by atoms with van der Waals surface area (Å²) in [4.78, 5) is 0. The zero-order valence-corrected chi connectivity index (χ0v) is 10.6. The van der Waals surface area contributed by atoms with Gasteiger partial charge in [-0.2, -0.15) is 11.8 Å². The van der Waals surface area contributed by atoms with Crippen LogP contribution in [-0.4, -0.2) is 30.3 Å². The molecule has 3 nitrogen and oxygen atoms in total. The van der Waals surface area contributed by atoms with Gasteiger partial charge >= 0.3 is 0 Å². The van der Waals surface area contributed by atoms with Gasteiger partial charge in [-0.05, 0) is 25.7 Å². The highest BCUT2D eigenvalue weighted by Crippen LogP contribution is 2.25. The predicted molar refractivity (Wildman–Crippen MR) is 69.3 cm³/mol. The first kappa shape index (κ1) is 12.4. The van der Waals surface area contributed by atoms with Crippen LogP contribution >= 0.6 is 11.8 Å². The van der Waals surface area contributed by atoms with Crippen molar-refractivity contribution in [2.75, 3.05) is 18.1 Å². The highest BCUT2D eigenvalue weighted by molar-refractivity contribution is 7.99. The van der Waals surface area contributed by atoms with Gasteiger partial charge in [-0.15, -0.1) is 0 Å². The second-order valence-electron chi connectivity index (χ2n) is 4.51. The van der Waals surface area contributed by atoms with Crippen molar-refractivity contribution in [3.05, 3.63) is 11.6 Å². The van der Waals surface area contributed by atoms with Gasteiger partial charge in [-0.3, -0.25) is 11.3 Å². The number of nitrogens with two attached hydrogens (primary N) is 1. The quantitative estimate of drug-likeness (QED) is 0.450. The van der Waals surface area contributed by atoms with Crippen LogP contribution in [0.5, 0.6) is 0 Å². The first-order valence-corrected chi connectivity index (χ1v) is 7.41. The van der Waals surface area contributed by atoms with E-state index < -0.39 is 0 Å². The van der Waals surface area contributed by atoms with E-state index in [0.717, 1.165) is 18.1 Å². The van der Waals surface area contributed by atoms with Crippen molar-refractivity contribution in [1.29, 1.82) is 0 Å². The summed E-state index contributed by atoms with van der Waals surface area (Å²) in [5.41, 5.74) is 4.43. The molecule has 1 fully saturated rings. The Labute approximate surface area is 102 Å². The lowest BCUT2D eigenvalue weighted by atomic mass is 9.98. The summed E-state index contributed by atoms with van der Waals surface area (Å²) in [6, 6.07) is 0.228. The Morgan fingerprint density at radius 1 is 1.44 bits per heavy atom. The first-order chi connectivity index (χ1) is 7.92. The molecule has 2 aliphatic rings. The van der Waals surface area contributed by atoms with E-state index in [2.05, 4.69) is 11.5 Å². The minimum absolute atomic E-state index is 0.228. The van der Waals surface area contributed by atoms with Crippen LogP contribution in [0.2, 0.25) is 0 Å². The zero-order valence-electron chi connectivity index (χ0n) is 9.78. The van der Waals surface area contributed by atoms with Crippen molar-refractivity contribution in [3.63, 3.8) is 0 Å². The number of allylic oxidation sites excluding steroid dienone is 1. The van der Waals surface area contributed by atoms with E-state index in [0.29, 0.717) is 0 Å². The number of thioether (sulfide) groups is 1. The average Bonchev–Trinajstić information content (AvgIpc) is 2.61. The van der Waals surface area contributed by atoms with Gasteiger partial charge < -0.3 is 4.74 Å². The third-order valence-corrected chi connectivity index (χ3v) is 4.39. The molecule has 0 aromatic rings. The Kier molecular flexibility index (Phi) is 5.16. The van der Waals surface area contributed by atoms with Crippen LogP contribution in [0.3, 0.4) is 0 Å². The fourth-order valence-electron chi connectivity index (χ4n) is 2.47. The first-order valence-electron chi connectivity index (χ1n) is 6.26. The van der Waals surface area contributed by atoms with Crippen LogP contribution in [0.25, 0.3) is 0 Å². The van der Waals surface area contributed by atoms with E-state index >= 15 is 0 Å². The van der Waals surface area contributed by atoms with Gasteiger partial charge in [0.05, 0.1) is 18.8 Å². The fraction of sp³-hybridized carbons (Fsp3) is 0.833. The predicted octanol–water partition coefficient (Wildman–Crippen LogP) is 1.84. The molecule has 2 unspecified atom stereocenters. The maximum Gasteiger partial charge on any atom is 0.0869 e. The Morgan fingerprint density at radius 3 is 3.12 bits per heavy atom. The average molecular weight is 242 g/mol. The summed E-state index contributed by atoms with van der Waals surface area (Å²) < 4.78 is 5.82. The number of ether oxygens (including phenoxy) is 1. The van der Waals surface area contributed by atoms with Crippen LogP contribution in [-0.2, 0) is 4.74 Å². The van der Waals surface area contributed by atoms with E-state index in [9.17, 15) is 0 Å². The molecule has 1 heterocycles. The molecular weight excluding hydrogens is 220 g/mol. The molecule has 1 aliphatic carbocycles. The van der Waals surface area contributed by atoms with Crippen molar-refractivity contribution < 1.29 is 4.74 Å². The van der Waals surface area contributed by atoms with Crippen molar-refractivity contribution in [1.82, 2.24) is 5.43 Å². The van der Waals surface area contributed by atoms with Crippen LogP contribution < -0.4 is 11.3 Å². The van der Waals surface area contributed by atoms with Gasteiger partial charge in [-0.25, -0.2) is 0 Å². The Morgan fingerprint density at radius 2 is 2.38 bits per heavy atom. The molecule has 0 saturated carbocycles. The SMILES string of the molecule is NNC(C1=CCCCCC1)C1CSCCO1. The van der Waals surface area contributed by atoms with Crippen LogP contribution in [0.15, 0.2) is 11.6 Å². The van der Waals surface area contributed by atoms with Crippen molar-refractivity contribution >= 4 is 11.8 Å². The molecule has 0 aromatic heterocycles. The molecule has 3 N–H and O–H groups in total. The van der Waals surface area contributed by atoms with Crippen LogP contribution in [0.4, 0.5) is 0 Å². The second-order valence-corrected chi connectivity index (χ2v) is 5.66. The molecule has 2 rings (SSSR count). The van der Waals surface area contributed by atoms with E-state index in [1.54, 1.807) is 0 Å². The second kappa shape index (κ2) is 6.64. The third-order valence-electron chi connectivity index (χ3n) is 3.37. The number of hydrogen-bond acceptors (Lipinski definition) is 4. The van der Waals surface area contributed by atoms with Crippen molar-refractivity contribution in [2.45, 2.75) is 44.2 Å². The monoisotopic (exact) mass is 242 g/mol. The molecule has 0 amide bonds. The summed E-state index contributed by atoms with van der Waals surface area (Å²) >= 11 is 1.97. The number of rotatable bonds is 3. The van der Waals surface area contributed by atoms with Gasteiger partial charge in [-0.1, -0.05) is 18.1 Å². The minimum atomic E-state index is 0.228. The van der Waals surface area contributed by atoms with Crippen LogP contribution in [0.1, 0.15) is 32.1 Å². The third kappa shape index (κ3) is 3.23. The van der Waals surface area contributed by atoms with Gasteiger partial charge in [0.2, 0.25) is 0 Å². The van der Waals surface area contributed by atoms with Crippen LogP contribution in [0, 0.1) is 0 Å². The Bertz CT molecular complexity index is 239. The fourth-order valence-corrected chi connectivity index (χ4v) is 3.38. The molecule has 4 heteroatoms. The van der Waals surface area contributed by atoms with Gasteiger partial charge in [0.1, 0.15) is 0 Å². The molecule has 1 saturated heterocycles. The topological polar surface area (TPSA) is 47.3 Å². The zero-order chi connectivity index (χ0) is 11.2. The lowest BCUT2D eigenvalue weighted by Gasteiger charge is -2.31. The molecule has 1 aliphatic heterocycles. The van der Waals surface area contributed by atoms with Gasteiger partial charge in [0.25, 0.3) is 0 Å².